The molecule has 7 nitrogen and oxygen atoms in total. The third kappa shape index (κ3) is 4.59. The van der Waals surface area contributed by atoms with Crippen molar-refractivity contribution >= 4 is 17.6 Å². The molecule has 1 aliphatic rings. The molecule has 1 aromatic heterocycles. The Balaban J connectivity index is 1.60. The molecule has 28 heavy (non-hydrogen) atoms. The lowest BCUT2D eigenvalue weighted by Gasteiger charge is -2.36. The molecule has 0 radical (unpaired) electrons. The molecule has 1 aromatic carbocycles. The van der Waals surface area contributed by atoms with Crippen molar-refractivity contribution in [3.8, 4) is 11.4 Å². The molecule has 0 bridgehead atoms. The Morgan fingerprint density at radius 2 is 1.68 bits per heavy atom. The zero-order valence-electron chi connectivity index (χ0n) is 15.7. The topological polar surface area (TPSA) is 78.4 Å². The van der Waals surface area contributed by atoms with E-state index in [9.17, 15) is 18.4 Å². The number of piperidine rings is 1. The predicted octanol–water partition coefficient (Wildman–Crippen LogP) is 2.90. The van der Waals surface area contributed by atoms with Crippen LogP contribution >= 0.6 is 0 Å². The van der Waals surface area contributed by atoms with Crippen LogP contribution in [0.2, 0.25) is 0 Å². The fourth-order valence-electron chi connectivity index (χ4n) is 3.17. The highest BCUT2D eigenvalue weighted by atomic mass is 19.1. The number of nitrogens with one attached hydrogen (secondary N) is 1. The van der Waals surface area contributed by atoms with E-state index in [0.29, 0.717) is 31.6 Å². The summed E-state index contributed by atoms with van der Waals surface area (Å²) in [6.07, 6.45) is 4.19. The monoisotopic (exact) mass is 389 g/mol. The quantitative estimate of drug-likeness (QED) is 0.876. The first-order chi connectivity index (χ1) is 13.3. The number of aromatic nitrogens is 2. The summed E-state index contributed by atoms with van der Waals surface area (Å²) in [5, 5.41) is 2.71. The lowest BCUT2D eigenvalue weighted by Crippen LogP contribution is -2.47. The van der Waals surface area contributed by atoms with Crippen LogP contribution in [0, 0.1) is 11.6 Å². The largest absolute Gasteiger partial charge is 0.343 e. The fraction of sp³-hybridized carbons (Fsp3) is 0.368. The predicted molar refractivity (Wildman–Crippen MR) is 99.4 cm³/mol. The average Bonchev–Trinajstić information content (AvgIpc) is 2.67. The van der Waals surface area contributed by atoms with E-state index >= 15 is 0 Å². The third-order valence-corrected chi connectivity index (χ3v) is 4.80. The lowest BCUT2D eigenvalue weighted by molar-refractivity contribution is -0.130. The molecule has 0 unspecified atom stereocenters. The van der Waals surface area contributed by atoms with Crippen molar-refractivity contribution < 1.29 is 18.4 Å². The smallest absolute Gasteiger partial charge is 0.321 e. The standard InChI is InChI=1S/C19H21F2N5O2/c1-12(27)26-5-3-17(4-6-26)25(2)19(28)24-16-10-22-18(23-11-16)13-7-14(20)9-15(21)8-13/h7-11,17H,3-6H2,1-2H3,(H,24,28). The van der Waals surface area contributed by atoms with Crippen LogP contribution in [-0.4, -0.2) is 57.9 Å². The van der Waals surface area contributed by atoms with Gasteiger partial charge >= 0.3 is 6.03 Å². The van der Waals surface area contributed by atoms with E-state index in [1.807, 2.05) is 0 Å². The van der Waals surface area contributed by atoms with Crippen molar-refractivity contribution in [2.24, 2.45) is 0 Å². The molecule has 1 fully saturated rings. The first-order valence-corrected chi connectivity index (χ1v) is 8.91. The Morgan fingerprint density at radius 3 is 2.21 bits per heavy atom. The first-order valence-electron chi connectivity index (χ1n) is 8.91. The van der Waals surface area contributed by atoms with Gasteiger partial charge in [0.05, 0.1) is 18.1 Å². The maximum Gasteiger partial charge on any atom is 0.321 e. The molecule has 3 amide bonds. The molecular weight excluding hydrogens is 368 g/mol. The Kier molecular flexibility index (Phi) is 5.81. The van der Waals surface area contributed by atoms with E-state index in [1.54, 1.807) is 23.8 Å². The molecule has 0 saturated carbocycles. The van der Waals surface area contributed by atoms with Crippen molar-refractivity contribution in [1.29, 1.82) is 0 Å². The Morgan fingerprint density at radius 1 is 1.11 bits per heavy atom. The molecule has 2 heterocycles. The number of carbonyl (C=O) groups is 2. The molecule has 1 aliphatic heterocycles. The van der Waals surface area contributed by atoms with Gasteiger partial charge < -0.3 is 15.1 Å². The van der Waals surface area contributed by atoms with Crippen LogP contribution in [0.25, 0.3) is 11.4 Å². The van der Waals surface area contributed by atoms with Gasteiger partial charge in [0.15, 0.2) is 5.82 Å². The molecular formula is C19H21F2N5O2. The van der Waals surface area contributed by atoms with Crippen LogP contribution in [0.5, 0.6) is 0 Å². The number of anilines is 1. The van der Waals surface area contributed by atoms with Gasteiger partial charge in [-0.1, -0.05) is 0 Å². The molecule has 0 aliphatic carbocycles. The minimum Gasteiger partial charge on any atom is -0.343 e. The number of hydrogen-bond donors (Lipinski definition) is 1. The maximum absolute atomic E-state index is 13.3. The van der Waals surface area contributed by atoms with Crippen LogP contribution in [0.15, 0.2) is 30.6 Å². The Labute approximate surface area is 161 Å². The second kappa shape index (κ2) is 8.28. The van der Waals surface area contributed by atoms with E-state index in [2.05, 4.69) is 15.3 Å². The summed E-state index contributed by atoms with van der Waals surface area (Å²) in [6.45, 7) is 2.79. The van der Waals surface area contributed by atoms with Crippen molar-refractivity contribution in [1.82, 2.24) is 19.8 Å². The number of rotatable bonds is 3. The van der Waals surface area contributed by atoms with Crippen LogP contribution in [0.1, 0.15) is 19.8 Å². The first kappa shape index (κ1) is 19.7. The molecule has 0 spiro atoms. The third-order valence-electron chi connectivity index (χ3n) is 4.80. The van der Waals surface area contributed by atoms with Crippen molar-refractivity contribution in [3.05, 3.63) is 42.2 Å². The molecule has 1 N–H and O–H groups in total. The van der Waals surface area contributed by atoms with Gasteiger partial charge in [-0.2, -0.15) is 0 Å². The summed E-state index contributed by atoms with van der Waals surface area (Å²) in [5.74, 6) is -1.23. The number of carbonyl (C=O) groups excluding carboxylic acids is 2. The number of amides is 3. The number of benzene rings is 1. The highest BCUT2D eigenvalue weighted by molar-refractivity contribution is 5.89. The maximum atomic E-state index is 13.3. The SMILES string of the molecule is CC(=O)N1CCC(N(C)C(=O)Nc2cnc(-c3cc(F)cc(F)c3)nc2)CC1. The number of hydrogen-bond acceptors (Lipinski definition) is 4. The number of halogens is 2. The van der Waals surface area contributed by atoms with E-state index in [-0.39, 0.29) is 29.4 Å². The number of likely N-dealkylation sites (tertiary alicyclic amines) is 1. The van der Waals surface area contributed by atoms with Gasteiger partial charge in [0.1, 0.15) is 11.6 Å². The summed E-state index contributed by atoms with van der Waals surface area (Å²) < 4.78 is 26.6. The van der Waals surface area contributed by atoms with Gasteiger partial charge in [-0.05, 0) is 25.0 Å². The summed E-state index contributed by atoms with van der Waals surface area (Å²) in [5.41, 5.74) is 0.586. The van der Waals surface area contributed by atoms with Crippen molar-refractivity contribution in [3.63, 3.8) is 0 Å². The minimum atomic E-state index is -0.714. The van der Waals surface area contributed by atoms with Crippen molar-refractivity contribution in [2.75, 3.05) is 25.5 Å². The summed E-state index contributed by atoms with van der Waals surface area (Å²) in [4.78, 5) is 35.3. The van der Waals surface area contributed by atoms with E-state index in [0.717, 1.165) is 18.2 Å². The average molecular weight is 389 g/mol. The zero-order valence-corrected chi connectivity index (χ0v) is 15.7. The Hall–Kier alpha value is -3.10. The molecule has 2 aromatic rings. The molecule has 9 heteroatoms. The number of nitrogens with zero attached hydrogens (tertiary/aromatic N) is 4. The van der Waals surface area contributed by atoms with Crippen molar-refractivity contribution in [2.45, 2.75) is 25.8 Å². The van der Waals surface area contributed by atoms with Gasteiger partial charge in [-0.15, -0.1) is 0 Å². The zero-order chi connectivity index (χ0) is 20.3. The minimum absolute atomic E-state index is 0.0334. The second-order valence-electron chi connectivity index (χ2n) is 6.73. The van der Waals surface area contributed by atoms with Gasteiger partial charge in [-0.3, -0.25) is 4.79 Å². The molecule has 148 valence electrons. The highest BCUT2D eigenvalue weighted by Crippen LogP contribution is 2.20. The van der Waals surface area contributed by atoms with E-state index < -0.39 is 11.6 Å². The molecule has 3 rings (SSSR count). The van der Waals surface area contributed by atoms with Crippen LogP contribution < -0.4 is 5.32 Å². The lowest BCUT2D eigenvalue weighted by atomic mass is 10.0. The fourth-order valence-corrected chi connectivity index (χ4v) is 3.17. The van der Waals surface area contributed by atoms with Gasteiger partial charge in [-0.25, -0.2) is 23.5 Å². The van der Waals surface area contributed by atoms with Crippen LogP contribution in [-0.2, 0) is 4.79 Å². The highest BCUT2D eigenvalue weighted by Gasteiger charge is 2.26. The van der Waals surface area contributed by atoms with E-state index in [4.69, 9.17) is 0 Å². The summed E-state index contributed by atoms with van der Waals surface area (Å²) >= 11 is 0. The summed E-state index contributed by atoms with van der Waals surface area (Å²) in [6, 6.07) is 2.77. The molecule has 1 saturated heterocycles. The van der Waals surface area contributed by atoms with Crippen LogP contribution in [0.4, 0.5) is 19.3 Å². The Bertz CT molecular complexity index is 847. The number of urea groups is 1. The van der Waals surface area contributed by atoms with Gasteiger partial charge in [0, 0.05) is 44.7 Å². The normalized spacial score (nSPS) is 14.6. The second-order valence-corrected chi connectivity index (χ2v) is 6.73. The van der Waals surface area contributed by atoms with Gasteiger partial charge in [0.2, 0.25) is 5.91 Å². The molecule has 0 atom stereocenters. The summed E-state index contributed by atoms with van der Waals surface area (Å²) in [7, 11) is 1.70. The van der Waals surface area contributed by atoms with E-state index in [1.165, 1.54) is 12.4 Å². The van der Waals surface area contributed by atoms with Crippen LogP contribution in [0.3, 0.4) is 0 Å². The van der Waals surface area contributed by atoms with Gasteiger partial charge in [0.25, 0.3) is 0 Å².